The summed E-state index contributed by atoms with van der Waals surface area (Å²) in [5.74, 6) is 0. The van der Waals surface area contributed by atoms with Gasteiger partial charge in [-0.05, 0) is 24.8 Å². The van der Waals surface area contributed by atoms with Gasteiger partial charge in [0.05, 0.1) is 6.61 Å². The van der Waals surface area contributed by atoms with Crippen LogP contribution in [0.3, 0.4) is 0 Å². The highest BCUT2D eigenvalue weighted by molar-refractivity contribution is 5.67. The van der Waals surface area contributed by atoms with Crippen LogP contribution < -0.4 is 5.32 Å². The first kappa shape index (κ1) is 14.5. The molecule has 0 aliphatic rings. The van der Waals surface area contributed by atoms with Gasteiger partial charge in [-0.3, -0.25) is 5.32 Å². The van der Waals surface area contributed by atoms with E-state index in [1.165, 1.54) is 0 Å². The first-order chi connectivity index (χ1) is 8.72. The van der Waals surface area contributed by atoms with E-state index in [0.717, 1.165) is 24.8 Å². The van der Waals surface area contributed by atoms with E-state index in [2.05, 4.69) is 5.32 Å². The lowest BCUT2D eigenvalue weighted by Crippen LogP contribution is -2.35. The molecule has 0 aliphatic heterocycles. The number of hydrogen-bond donors (Lipinski definition) is 2. The molecule has 4 heteroatoms. The van der Waals surface area contributed by atoms with Crippen molar-refractivity contribution in [2.24, 2.45) is 0 Å². The van der Waals surface area contributed by atoms with Gasteiger partial charge in [-0.1, -0.05) is 43.7 Å². The Hall–Kier alpha value is -1.55. The Balaban J connectivity index is 2.17. The van der Waals surface area contributed by atoms with E-state index in [-0.39, 0.29) is 0 Å². The molecular formula is C14H21NO3. The standard InChI is InChI=1S/C14H21NO3/c1-2-3-11-18-14(17)15-13(16)10-9-12-7-5-4-6-8-12/h4-8,13,16H,2-3,9-11H2,1H3,(H,15,17). The van der Waals surface area contributed by atoms with Gasteiger partial charge in [0.15, 0.2) is 0 Å². The summed E-state index contributed by atoms with van der Waals surface area (Å²) >= 11 is 0. The van der Waals surface area contributed by atoms with Gasteiger partial charge in [0.25, 0.3) is 0 Å². The van der Waals surface area contributed by atoms with Crippen LogP contribution >= 0.6 is 0 Å². The highest BCUT2D eigenvalue weighted by Crippen LogP contribution is 2.04. The lowest BCUT2D eigenvalue weighted by molar-refractivity contribution is 0.0936. The molecule has 1 unspecified atom stereocenters. The van der Waals surface area contributed by atoms with E-state index >= 15 is 0 Å². The molecule has 0 heterocycles. The molecule has 0 saturated carbocycles. The third kappa shape index (κ3) is 6.25. The summed E-state index contributed by atoms with van der Waals surface area (Å²) < 4.78 is 4.90. The number of rotatable bonds is 7. The number of hydrogen-bond acceptors (Lipinski definition) is 3. The fraction of sp³-hybridized carbons (Fsp3) is 0.500. The van der Waals surface area contributed by atoms with Crippen molar-refractivity contribution in [1.82, 2.24) is 5.32 Å². The maximum absolute atomic E-state index is 11.2. The number of aliphatic hydroxyl groups is 1. The van der Waals surface area contributed by atoms with Gasteiger partial charge in [0, 0.05) is 0 Å². The molecule has 0 spiro atoms. The predicted octanol–water partition coefficient (Wildman–Crippen LogP) is 2.46. The zero-order valence-corrected chi connectivity index (χ0v) is 10.8. The molecule has 0 aromatic heterocycles. The van der Waals surface area contributed by atoms with Crippen LogP contribution in [0, 0.1) is 0 Å². The second-order valence-corrected chi connectivity index (χ2v) is 4.17. The lowest BCUT2D eigenvalue weighted by atomic mass is 10.1. The van der Waals surface area contributed by atoms with Gasteiger partial charge >= 0.3 is 6.09 Å². The number of aliphatic hydroxyl groups excluding tert-OH is 1. The van der Waals surface area contributed by atoms with Crippen molar-refractivity contribution in [3.63, 3.8) is 0 Å². The minimum Gasteiger partial charge on any atom is -0.450 e. The predicted molar refractivity (Wildman–Crippen MR) is 70.2 cm³/mol. The van der Waals surface area contributed by atoms with E-state index in [9.17, 15) is 9.90 Å². The van der Waals surface area contributed by atoms with E-state index < -0.39 is 12.3 Å². The first-order valence-corrected chi connectivity index (χ1v) is 6.37. The number of amides is 1. The number of nitrogens with one attached hydrogen (secondary N) is 1. The molecule has 4 nitrogen and oxygen atoms in total. The monoisotopic (exact) mass is 251 g/mol. The molecule has 2 N–H and O–H groups in total. The molecule has 18 heavy (non-hydrogen) atoms. The number of benzene rings is 1. The van der Waals surface area contributed by atoms with Crippen molar-refractivity contribution in [2.45, 2.75) is 38.8 Å². The summed E-state index contributed by atoms with van der Waals surface area (Å²) in [6, 6.07) is 9.84. The van der Waals surface area contributed by atoms with Gasteiger partial charge < -0.3 is 9.84 Å². The minimum atomic E-state index is -0.862. The topological polar surface area (TPSA) is 58.6 Å². The fourth-order valence-corrected chi connectivity index (χ4v) is 1.51. The van der Waals surface area contributed by atoms with Crippen LogP contribution in [-0.2, 0) is 11.2 Å². The Labute approximate surface area is 108 Å². The summed E-state index contributed by atoms with van der Waals surface area (Å²) in [4.78, 5) is 11.2. The van der Waals surface area contributed by atoms with E-state index in [1.54, 1.807) is 0 Å². The Morgan fingerprint density at radius 3 is 2.78 bits per heavy atom. The normalized spacial score (nSPS) is 11.9. The van der Waals surface area contributed by atoms with Crippen LogP contribution in [0.25, 0.3) is 0 Å². The quantitative estimate of drug-likeness (QED) is 0.578. The summed E-state index contributed by atoms with van der Waals surface area (Å²) in [7, 11) is 0. The average molecular weight is 251 g/mol. The van der Waals surface area contributed by atoms with E-state index in [4.69, 9.17) is 4.74 Å². The second kappa shape index (κ2) is 8.53. The molecule has 1 aromatic carbocycles. The molecule has 1 rings (SSSR count). The SMILES string of the molecule is CCCCOC(=O)NC(O)CCc1ccccc1. The zero-order valence-electron chi connectivity index (χ0n) is 10.8. The van der Waals surface area contributed by atoms with Crippen molar-refractivity contribution < 1.29 is 14.6 Å². The third-order valence-corrected chi connectivity index (χ3v) is 2.56. The van der Waals surface area contributed by atoms with Crippen LogP contribution in [0.4, 0.5) is 4.79 Å². The molecule has 0 fully saturated rings. The maximum atomic E-state index is 11.2. The molecule has 0 saturated heterocycles. The largest absolute Gasteiger partial charge is 0.450 e. The smallest absolute Gasteiger partial charge is 0.409 e. The van der Waals surface area contributed by atoms with Gasteiger partial charge in [-0.2, -0.15) is 0 Å². The number of carbonyl (C=O) groups is 1. The van der Waals surface area contributed by atoms with Crippen molar-refractivity contribution in [3.05, 3.63) is 35.9 Å². The number of carbonyl (C=O) groups excluding carboxylic acids is 1. The van der Waals surface area contributed by atoms with E-state index in [1.807, 2.05) is 37.3 Å². The zero-order chi connectivity index (χ0) is 13.2. The van der Waals surface area contributed by atoms with Crippen molar-refractivity contribution >= 4 is 6.09 Å². The van der Waals surface area contributed by atoms with Crippen LogP contribution in [0.5, 0.6) is 0 Å². The van der Waals surface area contributed by atoms with Crippen molar-refractivity contribution in [2.75, 3.05) is 6.61 Å². The van der Waals surface area contributed by atoms with Gasteiger partial charge in [0.1, 0.15) is 6.23 Å². The average Bonchev–Trinajstić information content (AvgIpc) is 2.38. The molecule has 1 amide bonds. The van der Waals surface area contributed by atoms with Gasteiger partial charge in [-0.15, -0.1) is 0 Å². The van der Waals surface area contributed by atoms with Crippen LogP contribution in [0.1, 0.15) is 31.7 Å². The third-order valence-electron chi connectivity index (χ3n) is 2.56. The first-order valence-electron chi connectivity index (χ1n) is 6.37. The van der Waals surface area contributed by atoms with Crippen molar-refractivity contribution in [3.8, 4) is 0 Å². The van der Waals surface area contributed by atoms with Gasteiger partial charge in [-0.25, -0.2) is 4.79 Å². The van der Waals surface area contributed by atoms with Crippen LogP contribution in [0.2, 0.25) is 0 Å². The number of unbranched alkanes of at least 4 members (excludes halogenated alkanes) is 1. The summed E-state index contributed by atoms with van der Waals surface area (Å²) in [6.45, 7) is 2.42. The molecule has 0 aliphatic carbocycles. The number of ether oxygens (including phenoxy) is 1. The number of alkyl carbamates (subject to hydrolysis) is 1. The molecular weight excluding hydrogens is 230 g/mol. The molecule has 1 aromatic rings. The lowest BCUT2D eigenvalue weighted by Gasteiger charge is -2.12. The highest BCUT2D eigenvalue weighted by atomic mass is 16.5. The summed E-state index contributed by atoms with van der Waals surface area (Å²) in [5, 5.41) is 12.0. The molecule has 0 radical (unpaired) electrons. The minimum absolute atomic E-state index is 0.397. The Kier molecular flexibility index (Phi) is 6.87. The second-order valence-electron chi connectivity index (χ2n) is 4.17. The summed E-state index contributed by atoms with van der Waals surface area (Å²) in [6.07, 6.45) is 1.60. The van der Waals surface area contributed by atoms with Crippen LogP contribution in [-0.4, -0.2) is 24.0 Å². The molecule has 100 valence electrons. The van der Waals surface area contributed by atoms with Gasteiger partial charge in [0.2, 0.25) is 0 Å². The maximum Gasteiger partial charge on any atom is 0.409 e. The fourth-order valence-electron chi connectivity index (χ4n) is 1.51. The Morgan fingerprint density at radius 2 is 2.11 bits per heavy atom. The Bertz CT molecular complexity index is 340. The van der Waals surface area contributed by atoms with Crippen LogP contribution in [0.15, 0.2) is 30.3 Å². The summed E-state index contributed by atoms with van der Waals surface area (Å²) in [5.41, 5.74) is 1.14. The van der Waals surface area contributed by atoms with E-state index in [0.29, 0.717) is 13.0 Å². The molecule has 1 atom stereocenters. The number of aryl methyl sites for hydroxylation is 1. The molecule has 0 bridgehead atoms. The highest BCUT2D eigenvalue weighted by Gasteiger charge is 2.09. The Morgan fingerprint density at radius 1 is 1.39 bits per heavy atom. The van der Waals surface area contributed by atoms with Crippen molar-refractivity contribution in [1.29, 1.82) is 0 Å².